The standard InChI is InChI=1S/C15H22N4O3/c1-15(2,3)14(20)18-8-4-7-17(9-10-18)13-6-5-12(11-16-13)19(21)22/h5-6,11H,4,7-10H2,1-3H3. The molecule has 1 aromatic heterocycles. The molecule has 1 fully saturated rings. The number of pyridine rings is 1. The van der Waals surface area contributed by atoms with E-state index in [1.165, 1.54) is 12.3 Å². The van der Waals surface area contributed by atoms with E-state index in [9.17, 15) is 14.9 Å². The van der Waals surface area contributed by atoms with E-state index in [2.05, 4.69) is 9.88 Å². The topological polar surface area (TPSA) is 79.6 Å². The smallest absolute Gasteiger partial charge is 0.287 e. The minimum atomic E-state index is -0.455. The van der Waals surface area contributed by atoms with Crippen molar-refractivity contribution < 1.29 is 9.72 Å². The fourth-order valence-electron chi connectivity index (χ4n) is 2.50. The van der Waals surface area contributed by atoms with Gasteiger partial charge in [-0.1, -0.05) is 20.8 Å². The van der Waals surface area contributed by atoms with Gasteiger partial charge in [0, 0.05) is 37.7 Å². The summed E-state index contributed by atoms with van der Waals surface area (Å²) in [6.07, 6.45) is 2.14. The Balaban J connectivity index is 2.04. The van der Waals surface area contributed by atoms with Crippen LogP contribution in [0.4, 0.5) is 11.5 Å². The molecule has 0 atom stereocenters. The van der Waals surface area contributed by atoms with E-state index in [4.69, 9.17) is 0 Å². The van der Waals surface area contributed by atoms with Crippen LogP contribution in [0.3, 0.4) is 0 Å². The highest BCUT2D eigenvalue weighted by Crippen LogP contribution is 2.21. The van der Waals surface area contributed by atoms with E-state index >= 15 is 0 Å². The van der Waals surface area contributed by atoms with Crippen LogP contribution in [0.5, 0.6) is 0 Å². The molecule has 7 heteroatoms. The third kappa shape index (κ3) is 3.72. The second-order valence-electron chi connectivity index (χ2n) is 6.51. The van der Waals surface area contributed by atoms with Gasteiger partial charge in [-0.2, -0.15) is 0 Å². The van der Waals surface area contributed by atoms with Crippen LogP contribution in [0.15, 0.2) is 18.3 Å². The second-order valence-corrected chi connectivity index (χ2v) is 6.51. The molecule has 0 bridgehead atoms. The van der Waals surface area contributed by atoms with Gasteiger partial charge in [0.25, 0.3) is 5.69 Å². The number of aromatic nitrogens is 1. The Hall–Kier alpha value is -2.18. The molecule has 0 radical (unpaired) electrons. The van der Waals surface area contributed by atoms with Crippen molar-refractivity contribution in [3.05, 3.63) is 28.4 Å². The summed E-state index contributed by atoms with van der Waals surface area (Å²) < 4.78 is 0. The van der Waals surface area contributed by atoms with Gasteiger partial charge in [-0.05, 0) is 12.5 Å². The first-order chi connectivity index (χ1) is 10.3. The number of nitrogens with zero attached hydrogens (tertiary/aromatic N) is 4. The number of hydrogen-bond donors (Lipinski definition) is 0. The van der Waals surface area contributed by atoms with Gasteiger partial charge < -0.3 is 9.80 Å². The average Bonchev–Trinajstić information content (AvgIpc) is 2.71. The maximum atomic E-state index is 12.4. The van der Waals surface area contributed by atoms with Crippen molar-refractivity contribution in [3.63, 3.8) is 0 Å². The highest BCUT2D eigenvalue weighted by Gasteiger charge is 2.28. The Bertz CT molecular complexity index is 551. The molecule has 0 spiro atoms. The van der Waals surface area contributed by atoms with Crippen LogP contribution in [0.25, 0.3) is 0 Å². The molecule has 120 valence electrons. The number of nitro groups is 1. The van der Waals surface area contributed by atoms with Gasteiger partial charge in [0.1, 0.15) is 12.0 Å². The van der Waals surface area contributed by atoms with Crippen molar-refractivity contribution in [2.45, 2.75) is 27.2 Å². The van der Waals surface area contributed by atoms with Crippen molar-refractivity contribution in [2.75, 3.05) is 31.1 Å². The lowest BCUT2D eigenvalue weighted by atomic mass is 9.94. The third-order valence-corrected chi connectivity index (χ3v) is 3.69. The quantitative estimate of drug-likeness (QED) is 0.617. The summed E-state index contributed by atoms with van der Waals surface area (Å²) >= 11 is 0. The number of amides is 1. The van der Waals surface area contributed by atoms with Gasteiger partial charge >= 0.3 is 0 Å². The molecule has 2 heterocycles. The highest BCUT2D eigenvalue weighted by atomic mass is 16.6. The predicted octanol–water partition coefficient (Wildman–Crippen LogP) is 2.07. The van der Waals surface area contributed by atoms with Crippen molar-refractivity contribution in [1.82, 2.24) is 9.88 Å². The Morgan fingerprint density at radius 3 is 2.50 bits per heavy atom. The number of carbonyl (C=O) groups is 1. The summed E-state index contributed by atoms with van der Waals surface area (Å²) in [5.74, 6) is 0.877. The monoisotopic (exact) mass is 306 g/mol. The SMILES string of the molecule is CC(C)(C)C(=O)N1CCCN(c2ccc([N+](=O)[O-])cn2)CC1. The molecule has 1 saturated heterocycles. The van der Waals surface area contributed by atoms with E-state index in [0.29, 0.717) is 13.1 Å². The molecule has 0 unspecified atom stereocenters. The zero-order valence-corrected chi connectivity index (χ0v) is 13.3. The molecule has 1 amide bonds. The van der Waals surface area contributed by atoms with E-state index in [0.717, 1.165) is 25.3 Å². The largest absolute Gasteiger partial charge is 0.355 e. The summed E-state index contributed by atoms with van der Waals surface area (Å²) in [5.41, 5.74) is -0.385. The molecule has 0 saturated carbocycles. The van der Waals surface area contributed by atoms with Gasteiger partial charge in [0.15, 0.2) is 0 Å². The molecule has 1 aliphatic rings. The van der Waals surface area contributed by atoms with Crippen molar-refractivity contribution in [1.29, 1.82) is 0 Å². The number of anilines is 1. The van der Waals surface area contributed by atoms with Crippen molar-refractivity contribution >= 4 is 17.4 Å². The molecular weight excluding hydrogens is 284 g/mol. The van der Waals surface area contributed by atoms with Crippen LogP contribution >= 0.6 is 0 Å². The van der Waals surface area contributed by atoms with Crippen molar-refractivity contribution in [3.8, 4) is 0 Å². The molecule has 0 N–H and O–H groups in total. The van der Waals surface area contributed by atoms with E-state index < -0.39 is 4.92 Å². The van der Waals surface area contributed by atoms with Crippen LogP contribution in [0, 0.1) is 15.5 Å². The lowest BCUT2D eigenvalue weighted by Crippen LogP contribution is -2.41. The molecule has 7 nitrogen and oxygen atoms in total. The molecule has 2 rings (SSSR count). The van der Waals surface area contributed by atoms with Crippen LogP contribution in [-0.2, 0) is 4.79 Å². The minimum Gasteiger partial charge on any atom is -0.355 e. The summed E-state index contributed by atoms with van der Waals surface area (Å²) in [4.78, 5) is 30.7. The lowest BCUT2D eigenvalue weighted by molar-refractivity contribution is -0.385. The Morgan fingerprint density at radius 1 is 1.23 bits per heavy atom. The zero-order chi connectivity index (χ0) is 16.3. The predicted molar refractivity (Wildman–Crippen MR) is 83.8 cm³/mol. The van der Waals surface area contributed by atoms with Crippen LogP contribution < -0.4 is 4.90 Å². The maximum Gasteiger partial charge on any atom is 0.287 e. The maximum absolute atomic E-state index is 12.4. The Kier molecular flexibility index (Phi) is 4.63. The highest BCUT2D eigenvalue weighted by molar-refractivity contribution is 5.81. The average molecular weight is 306 g/mol. The summed E-state index contributed by atoms with van der Waals surface area (Å²) in [6, 6.07) is 3.13. The van der Waals surface area contributed by atoms with Crippen LogP contribution in [0.2, 0.25) is 0 Å². The van der Waals surface area contributed by atoms with Gasteiger partial charge in [0.05, 0.1) is 4.92 Å². The number of rotatable bonds is 2. The van der Waals surface area contributed by atoms with E-state index in [-0.39, 0.29) is 17.0 Å². The molecular formula is C15H22N4O3. The molecule has 0 aliphatic carbocycles. The molecule has 1 aromatic rings. The van der Waals surface area contributed by atoms with Crippen LogP contribution in [-0.4, -0.2) is 46.9 Å². The first-order valence-corrected chi connectivity index (χ1v) is 7.44. The summed E-state index contributed by atoms with van der Waals surface area (Å²) in [7, 11) is 0. The first kappa shape index (κ1) is 16.2. The van der Waals surface area contributed by atoms with E-state index in [1.807, 2.05) is 25.7 Å². The summed E-state index contributed by atoms with van der Waals surface area (Å²) in [6.45, 7) is 8.64. The summed E-state index contributed by atoms with van der Waals surface area (Å²) in [5, 5.41) is 10.7. The van der Waals surface area contributed by atoms with Crippen molar-refractivity contribution in [2.24, 2.45) is 5.41 Å². The van der Waals surface area contributed by atoms with Gasteiger partial charge in [0.2, 0.25) is 5.91 Å². The lowest BCUT2D eigenvalue weighted by Gasteiger charge is -2.28. The molecule has 22 heavy (non-hydrogen) atoms. The normalized spacial score (nSPS) is 16.3. The first-order valence-electron chi connectivity index (χ1n) is 7.44. The molecule has 1 aliphatic heterocycles. The zero-order valence-electron chi connectivity index (χ0n) is 13.3. The Morgan fingerprint density at radius 2 is 1.95 bits per heavy atom. The fourth-order valence-corrected chi connectivity index (χ4v) is 2.50. The van der Waals surface area contributed by atoms with Gasteiger partial charge in [-0.15, -0.1) is 0 Å². The Labute approximate surface area is 130 Å². The second kappa shape index (κ2) is 6.29. The van der Waals surface area contributed by atoms with E-state index in [1.54, 1.807) is 6.07 Å². The number of carbonyl (C=O) groups excluding carboxylic acids is 1. The number of hydrogen-bond acceptors (Lipinski definition) is 5. The third-order valence-electron chi connectivity index (χ3n) is 3.69. The fraction of sp³-hybridized carbons (Fsp3) is 0.600. The minimum absolute atomic E-state index is 0.0110. The van der Waals surface area contributed by atoms with Gasteiger partial charge in [-0.3, -0.25) is 14.9 Å². The molecule has 0 aromatic carbocycles. The van der Waals surface area contributed by atoms with Crippen LogP contribution in [0.1, 0.15) is 27.2 Å². The van der Waals surface area contributed by atoms with Gasteiger partial charge in [-0.25, -0.2) is 4.98 Å².